The molecule has 1 aliphatic carbocycles. The maximum Gasteiger partial charge on any atom is 0.151 e. The maximum atomic E-state index is 14.0. The summed E-state index contributed by atoms with van der Waals surface area (Å²) >= 11 is 0. The fourth-order valence-electron chi connectivity index (χ4n) is 2.78. The molecule has 2 N–H and O–H groups in total. The molecule has 0 radical (unpaired) electrons. The zero-order chi connectivity index (χ0) is 14.4. The first-order chi connectivity index (χ1) is 10.3. The van der Waals surface area contributed by atoms with Crippen molar-refractivity contribution in [1.82, 2.24) is 9.55 Å². The fourth-order valence-corrected chi connectivity index (χ4v) is 2.78. The highest BCUT2D eigenvalue weighted by Gasteiger charge is 2.29. The van der Waals surface area contributed by atoms with Gasteiger partial charge in [0.2, 0.25) is 0 Å². The summed E-state index contributed by atoms with van der Waals surface area (Å²) in [5, 5.41) is 0. The quantitative estimate of drug-likeness (QED) is 0.796. The number of nitrogens with zero attached hydrogens (tertiary/aromatic N) is 2. The summed E-state index contributed by atoms with van der Waals surface area (Å²) in [6.45, 7) is 0.522. The van der Waals surface area contributed by atoms with Crippen LogP contribution in [-0.4, -0.2) is 9.55 Å². The summed E-state index contributed by atoms with van der Waals surface area (Å²) in [4.78, 5) is 4.56. The van der Waals surface area contributed by atoms with Gasteiger partial charge in [0.25, 0.3) is 0 Å². The van der Waals surface area contributed by atoms with Crippen LogP contribution in [0.15, 0.2) is 42.5 Å². The summed E-state index contributed by atoms with van der Waals surface area (Å²) in [6, 6.07) is 13.6. The van der Waals surface area contributed by atoms with Gasteiger partial charge in [-0.25, -0.2) is 9.37 Å². The molecular weight excluding hydrogens is 265 g/mol. The molecule has 1 aliphatic rings. The van der Waals surface area contributed by atoms with Gasteiger partial charge < -0.3 is 10.3 Å². The number of benzene rings is 2. The first kappa shape index (κ1) is 12.5. The minimum Gasteiger partial charge on any atom is -0.326 e. The third kappa shape index (κ3) is 2.03. The summed E-state index contributed by atoms with van der Waals surface area (Å²) in [6.07, 6.45) is 2.27. The molecule has 1 saturated carbocycles. The minimum atomic E-state index is -0.258. The lowest BCUT2D eigenvalue weighted by molar-refractivity contribution is 0.637. The Morgan fingerprint density at radius 2 is 1.90 bits per heavy atom. The molecule has 2 aromatic carbocycles. The summed E-state index contributed by atoms with van der Waals surface area (Å²) in [7, 11) is 0. The van der Waals surface area contributed by atoms with Gasteiger partial charge in [-0.1, -0.05) is 30.3 Å². The molecule has 0 unspecified atom stereocenters. The number of hydrogen-bond donors (Lipinski definition) is 1. The predicted octanol–water partition coefficient (Wildman–Crippen LogP) is 3.64. The van der Waals surface area contributed by atoms with Crippen LogP contribution < -0.4 is 5.73 Å². The number of hydrogen-bond acceptors (Lipinski definition) is 2. The van der Waals surface area contributed by atoms with E-state index in [1.165, 1.54) is 6.07 Å². The Balaban J connectivity index is 1.94. The molecule has 4 heteroatoms. The molecule has 4 rings (SSSR count). The predicted molar refractivity (Wildman–Crippen MR) is 81.3 cm³/mol. The molecule has 21 heavy (non-hydrogen) atoms. The number of halogens is 1. The Morgan fingerprint density at radius 3 is 2.57 bits per heavy atom. The van der Waals surface area contributed by atoms with Crippen LogP contribution >= 0.6 is 0 Å². The Labute approximate surface area is 122 Å². The first-order valence-corrected chi connectivity index (χ1v) is 7.24. The van der Waals surface area contributed by atoms with E-state index < -0.39 is 0 Å². The molecule has 1 fully saturated rings. The SMILES string of the molecule is NCc1ccc(-c2nc3c(F)cccc3n2C2CC2)cc1. The van der Waals surface area contributed by atoms with E-state index in [-0.39, 0.29) is 5.82 Å². The van der Waals surface area contributed by atoms with Crippen molar-refractivity contribution < 1.29 is 4.39 Å². The van der Waals surface area contributed by atoms with Gasteiger partial charge in [0, 0.05) is 18.2 Å². The zero-order valence-electron chi connectivity index (χ0n) is 11.6. The second-order valence-corrected chi connectivity index (χ2v) is 5.55. The highest BCUT2D eigenvalue weighted by Crippen LogP contribution is 2.41. The lowest BCUT2D eigenvalue weighted by Crippen LogP contribution is -1.99. The molecule has 3 nitrogen and oxygen atoms in total. The average Bonchev–Trinajstić information content (AvgIpc) is 3.28. The highest BCUT2D eigenvalue weighted by atomic mass is 19.1. The summed E-state index contributed by atoms with van der Waals surface area (Å²) in [5.41, 5.74) is 9.07. The maximum absolute atomic E-state index is 14.0. The van der Waals surface area contributed by atoms with Gasteiger partial charge in [-0.05, 0) is 30.5 Å². The van der Waals surface area contributed by atoms with Crippen LogP contribution in [0.3, 0.4) is 0 Å². The average molecular weight is 281 g/mol. The second-order valence-electron chi connectivity index (χ2n) is 5.55. The third-order valence-corrected chi connectivity index (χ3v) is 4.03. The van der Waals surface area contributed by atoms with Crippen LogP contribution in [0.4, 0.5) is 4.39 Å². The summed E-state index contributed by atoms with van der Waals surface area (Å²) in [5.74, 6) is 0.591. The topological polar surface area (TPSA) is 43.8 Å². The molecule has 1 aromatic heterocycles. The molecule has 0 amide bonds. The van der Waals surface area contributed by atoms with E-state index in [0.717, 1.165) is 35.3 Å². The number of imidazole rings is 1. The van der Waals surface area contributed by atoms with Crippen molar-refractivity contribution in [2.45, 2.75) is 25.4 Å². The lowest BCUT2D eigenvalue weighted by Gasteiger charge is -2.08. The Morgan fingerprint density at radius 1 is 1.14 bits per heavy atom. The second kappa shape index (κ2) is 4.67. The number of nitrogens with two attached hydrogens (primary N) is 1. The van der Waals surface area contributed by atoms with Crippen LogP contribution in [0.5, 0.6) is 0 Å². The van der Waals surface area contributed by atoms with Crippen LogP contribution in [0.1, 0.15) is 24.4 Å². The van der Waals surface area contributed by atoms with Gasteiger partial charge in [-0.3, -0.25) is 0 Å². The van der Waals surface area contributed by atoms with Gasteiger partial charge in [0.15, 0.2) is 5.82 Å². The molecule has 0 spiro atoms. The molecule has 106 valence electrons. The van der Waals surface area contributed by atoms with Gasteiger partial charge in [-0.15, -0.1) is 0 Å². The van der Waals surface area contributed by atoms with E-state index in [9.17, 15) is 4.39 Å². The number of rotatable bonds is 3. The molecule has 0 bridgehead atoms. The summed E-state index contributed by atoms with van der Waals surface area (Å²) < 4.78 is 16.2. The first-order valence-electron chi connectivity index (χ1n) is 7.24. The van der Waals surface area contributed by atoms with Crippen LogP contribution in [0.25, 0.3) is 22.4 Å². The normalized spacial score (nSPS) is 14.8. The van der Waals surface area contributed by atoms with Crippen molar-refractivity contribution >= 4 is 11.0 Å². The Hall–Kier alpha value is -2.20. The highest BCUT2D eigenvalue weighted by molar-refractivity contribution is 5.81. The van der Waals surface area contributed by atoms with Gasteiger partial charge >= 0.3 is 0 Å². The van der Waals surface area contributed by atoms with E-state index in [1.54, 1.807) is 6.07 Å². The van der Waals surface area contributed by atoms with Crippen LogP contribution in [0, 0.1) is 5.82 Å². The van der Waals surface area contributed by atoms with E-state index >= 15 is 0 Å². The van der Waals surface area contributed by atoms with Crippen LogP contribution in [0.2, 0.25) is 0 Å². The zero-order valence-corrected chi connectivity index (χ0v) is 11.6. The van der Waals surface area contributed by atoms with Gasteiger partial charge in [0.05, 0.1) is 5.52 Å². The van der Waals surface area contributed by atoms with Crippen molar-refractivity contribution in [3.63, 3.8) is 0 Å². The van der Waals surface area contributed by atoms with Crippen molar-refractivity contribution in [3.8, 4) is 11.4 Å². The Bertz CT molecular complexity index is 801. The van der Waals surface area contributed by atoms with E-state index in [1.807, 2.05) is 30.3 Å². The molecule has 0 aliphatic heterocycles. The van der Waals surface area contributed by atoms with E-state index in [2.05, 4.69) is 9.55 Å². The van der Waals surface area contributed by atoms with Crippen molar-refractivity contribution in [1.29, 1.82) is 0 Å². The van der Waals surface area contributed by atoms with Gasteiger partial charge in [-0.2, -0.15) is 0 Å². The molecule has 0 atom stereocenters. The molecule has 1 heterocycles. The monoisotopic (exact) mass is 281 g/mol. The van der Waals surface area contributed by atoms with Crippen LogP contribution in [-0.2, 0) is 6.54 Å². The van der Waals surface area contributed by atoms with Crippen molar-refractivity contribution in [2.75, 3.05) is 0 Å². The largest absolute Gasteiger partial charge is 0.326 e. The third-order valence-electron chi connectivity index (χ3n) is 4.03. The minimum absolute atomic E-state index is 0.258. The molecule has 3 aromatic rings. The number of fused-ring (bicyclic) bond motifs is 1. The van der Waals surface area contributed by atoms with Gasteiger partial charge in [0.1, 0.15) is 11.3 Å². The van der Waals surface area contributed by atoms with E-state index in [0.29, 0.717) is 18.1 Å². The Kier molecular flexibility index (Phi) is 2.79. The number of para-hydroxylation sites is 1. The fraction of sp³-hybridized carbons (Fsp3) is 0.235. The van der Waals surface area contributed by atoms with Crippen molar-refractivity contribution in [3.05, 3.63) is 53.8 Å². The molecular formula is C17H16FN3. The number of aromatic nitrogens is 2. The van der Waals surface area contributed by atoms with E-state index in [4.69, 9.17) is 5.73 Å². The standard InChI is InChI=1S/C17H16FN3/c18-14-2-1-3-15-16(14)20-17(21(15)13-8-9-13)12-6-4-11(10-19)5-7-12/h1-7,13H,8-10,19H2. The smallest absolute Gasteiger partial charge is 0.151 e. The lowest BCUT2D eigenvalue weighted by atomic mass is 10.1. The van der Waals surface area contributed by atoms with Crippen molar-refractivity contribution in [2.24, 2.45) is 5.73 Å². The molecule has 0 saturated heterocycles.